The summed E-state index contributed by atoms with van der Waals surface area (Å²) in [6, 6.07) is 19.0. The molecule has 4 aromatic carbocycles. The summed E-state index contributed by atoms with van der Waals surface area (Å²) in [5.41, 5.74) is 3.98. The first-order valence-electron chi connectivity index (χ1n) is 12.2. The van der Waals surface area contributed by atoms with E-state index in [-0.39, 0.29) is 39.2 Å². The molecule has 0 aliphatic rings. The molecule has 11 nitrogen and oxygen atoms in total. The molecule has 0 radical (unpaired) electrons. The zero-order valence-electron chi connectivity index (χ0n) is 22.1. The number of aromatic nitrogens is 3. The number of aryl methyl sites for hydroxylation is 3. The quantitative estimate of drug-likeness (QED) is 0.111. The summed E-state index contributed by atoms with van der Waals surface area (Å²) in [4.78, 5) is 12.3. The highest BCUT2D eigenvalue weighted by Gasteiger charge is 2.17. The van der Waals surface area contributed by atoms with Crippen LogP contribution in [0.2, 0.25) is 5.28 Å². The van der Waals surface area contributed by atoms with Crippen LogP contribution in [0.1, 0.15) is 16.7 Å². The molecular weight excluding hydrogens is 566 g/mol. The lowest BCUT2D eigenvalue weighted by Crippen LogP contribution is -2.04. The van der Waals surface area contributed by atoms with Crippen molar-refractivity contribution in [3.8, 4) is 5.75 Å². The molecule has 0 saturated heterocycles. The van der Waals surface area contributed by atoms with Crippen molar-refractivity contribution in [2.75, 3.05) is 10.6 Å². The number of hydrogen-bond donors (Lipinski definition) is 4. The van der Waals surface area contributed by atoms with E-state index in [1.54, 1.807) is 44.2 Å². The topological polar surface area (TPSA) is 162 Å². The van der Waals surface area contributed by atoms with Crippen molar-refractivity contribution in [3.63, 3.8) is 0 Å². The summed E-state index contributed by atoms with van der Waals surface area (Å²) >= 11 is 6.14. The summed E-state index contributed by atoms with van der Waals surface area (Å²) < 4.78 is 33.0. The summed E-state index contributed by atoms with van der Waals surface area (Å²) in [6.07, 6.45) is 0. The summed E-state index contributed by atoms with van der Waals surface area (Å²) in [6.45, 7) is 5.49. The number of halogens is 1. The molecule has 1 aromatic heterocycles. The molecule has 0 fully saturated rings. The van der Waals surface area contributed by atoms with Crippen LogP contribution in [-0.2, 0) is 10.1 Å². The molecule has 0 aliphatic heterocycles. The highest BCUT2D eigenvalue weighted by atomic mass is 35.5. The second kappa shape index (κ2) is 11.1. The second-order valence-electron chi connectivity index (χ2n) is 9.34. The molecule has 0 unspecified atom stereocenters. The molecule has 0 bridgehead atoms. The minimum Gasteiger partial charge on any atom is -0.505 e. The normalized spacial score (nSPS) is 11.7. The van der Waals surface area contributed by atoms with Crippen molar-refractivity contribution < 1.29 is 18.1 Å². The summed E-state index contributed by atoms with van der Waals surface area (Å²) in [5.74, 6) is 0.355. The SMILES string of the molecule is Cc1ccc(Nc2nc(Cl)nc(Nc3ccc4c(O)c(N=Nc5cc(C)ccc5S(=O)(=O)O)c(C)cc4c3)n2)cc1. The van der Waals surface area contributed by atoms with E-state index in [1.807, 2.05) is 31.2 Å². The molecule has 0 aliphatic carbocycles. The van der Waals surface area contributed by atoms with Gasteiger partial charge in [0.1, 0.15) is 16.3 Å². The van der Waals surface area contributed by atoms with Crippen molar-refractivity contribution >= 4 is 67.1 Å². The van der Waals surface area contributed by atoms with E-state index >= 15 is 0 Å². The number of nitrogens with one attached hydrogen (secondary N) is 2. The van der Waals surface area contributed by atoms with E-state index in [0.29, 0.717) is 22.0 Å². The van der Waals surface area contributed by atoms with Gasteiger partial charge in [0.05, 0.1) is 0 Å². The molecule has 0 spiro atoms. The van der Waals surface area contributed by atoms with Crippen LogP contribution >= 0.6 is 11.6 Å². The maximum absolute atomic E-state index is 11.8. The summed E-state index contributed by atoms with van der Waals surface area (Å²) in [5, 5.41) is 26.6. The fraction of sp³-hybridized carbons (Fsp3) is 0.107. The fourth-order valence-electron chi connectivity index (χ4n) is 4.10. The Morgan fingerprint density at radius 2 is 1.41 bits per heavy atom. The molecular formula is C28H24ClN7O4S. The van der Waals surface area contributed by atoms with Gasteiger partial charge in [-0.3, -0.25) is 4.55 Å². The minimum atomic E-state index is -4.51. The molecule has 41 heavy (non-hydrogen) atoms. The Morgan fingerprint density at radius 3 is 2.10 bits per heavy atom. The van der Waals surface area contributed by atoms with Crippen LogP contribution in [0.15, 0.2) is 81.9 Å². The molecule has 1 heterocycles. The highest BCUT2D eigenvalue weighted by molar-refractivity contribution is 7.86. The molecule has 0 saturated carbocycles. The summed E-state index contributed by atoms with van der Waals surface area (Å²) in [7, 11) is -4.51. The molecule has 4 N–H and O–H groups in total. The van der Waals surface area contributed by atoms with Crippen LogP contribution in [-0.4, -0.2) is 33.0 Å². The lowest BCUT2D eigenvalue weighted by molar-refractivity contribution is 0.482. The predicted octanol–water partition coefficient (Wildman–Crippen LogP) is 7.46. The lowest BCUT2D eigenvalue weighted by atomic mass is 10.0. The van der Waals surface area contributed by atoms with Gasteiger partial charge in [-0.1, -0.05) is 23.8 Å². The number of nitrogens with zero attached hydrogens (tertiary/aromatic N) is 5. The van der Waals surface area contributed by atoms with Gasteiger partial charge in [0, 0.05) is 16.8 Å². The van der Waals surface area contributed by atoms with Gasteiger partial charge in [0.15, 0.2) is 5.75 Å². The number of anilines is 4. The van der Waals surface area contributed by atoms with Crippen molar-refractivity contribution in [1.29, 1.82) is 0 Å². The Morgan fingerprint density at radius 1 is 0.780 bits per heavy atom. The van der Waals surface area contributed by atoms with Crippen LogP contribution in [0, 0.1) is 20.8 Å². The largest absolute Gasteiger partial charge is 0.505 e. The number of aromatic hydroxyl groups is 1. The maximum Gasteiger partial charge on any atom is 0.296 e. The van der Waals surface area contributed by atoms with Crippen LogP contribution in [0.25, 0.3) is 10.8 Å². The van der Waals surface area contributed by atoms with Crippen LogP contribution in [0.5, 0.6) is 5.75 Å². The smallest absolute Gasteiger partial charge is 0.296 e. The number of rotatable bonds is 7. The van der Waals surface area contributed by atoms with Gasteiger partial charge >= 0.3 is 0 Å². The molecule has 13 heteroatoms. The van der Waals surface area contributed by atoms with E-state index in [0.717, 1.165) is 16.8 Å². The number of benzene rings is 4. The maximum atomic E-state index is 11.8. The van der Waals surface area contributed by atoms with E-state index < -0.39 is 10.1 Å². The van der Waals surface area contributed by atoms with Crippen LogP contribution < -0.4 is 10.6 Å². The predicted molar refractivity (Wildman–Crippen MR) is 158 cm³/mol. The van der Waals surface area contributed by atoms with Gasteiger partial charge in [0.2, 0.25) is 17.2 Å². The Labute approximate surface area is 240 Å². The Kier molecular flexibility index (Phi) is 7.54. The molecule has 5 rings (SSSR count). The second-order valence-corrected chi connectivity index (χ2v) is 11.1. The Hall–Kier alpha value is -4.65. The zero-order valence-corrected chi connectivity index (χ0v) is 23.7. The highest BCUT2D eigenvalue weighted by Crippen LogP contribution is 2.40. The lowest BCUT2D eigenvalue weighted by Gasteiger charge is -2.11. The van der Waals surface area contributed by atoms with Gasteiger partial charge in [0.25, 0.3) is 10.1 Å². The van der Waals surface area contributed by atoms with Gasteiger partial charge in [-0.2, -0.15) is 23.4 Å². The average Bonchev–Trinajstić information content (AvgIpc) is 2.89. The van der Waals surface area contributed by atoms with Crippen molar-refractivity contribution in [2.24, 2.45) is 10.2 Å². The third kappa shape index (κ3) is 6.40. The average molecular weight is 590 g/mol. The Balaban J connectivity index is 1.43. The molecule has 5 aromatic rings. The fourth-order valence-corrected chi connectivity index (χ4v) is 4.87. The number of phenols is 1. The van der Waals surface area contributed by atoms with E-state index in [1.165, 1.54) is 12.1 Å². The van der Waals surface area contributed by atoms with E-state index in [2.05, 4.69) is 35.8 Å². The van der Waals surface area contributed by atoms with Gasteiger partial charge in [-0.15, -0.1) is 10.2 Å². The van der Waals surface area contributed by atoms with Crippen LogP contribution in [0.3, 0.4) is 0 Å². The number of azo groups is 1. The number of fused-ring (bicyclic) bond motifs is 1. The molecule has 0 amide bonds. The van der Waals surface area contributed by atoms with E-state index in [9.17, 15) is 18.1 Å². The molecule has 0 atom stereocenters. The Bertz CT molecular complexity index is 1930. The van der Waals surface area contributed by atoms with Crippen molar-refractivity contribution in [2.45, 2.75) is 25.7 Å². The monoisotopic (exact) mass is 589 g/mol. The van der Waals surface area contributed by atoms with E-state index in [4.69, 9.17) is 11.6 Å². The van der Waals surface area contributed by atoms with Crippen molar-refractivity contribution in [1.82, 2.24) is 15.0 Å². The standard InChI is InChI=1S/C28H24ClN7O4S/c1-15-4-7-19(8-5-15)30-27-32-26(29)33-28(34-27)31-20-9-10-21-18(14-20)13-17(3)24(25(21)37)36-35-22-12-16(2)6-11-23(22)41(38,39)40/h4-14,37H,1-3H3,(H,38,39,40)(H2,30,31,32,33,34). The van der Waals surface area contributed by atoms with Crippen molar-refractivity contribution in [3.05, 3.63) is 88.7 Å². The zero-order chi connectivity index (χ0) is 29.3. The third-order valence-corrected chi connectivity index (χ3v) is 7.17. The number of phenolic OH excluding ortho intramolecular Hbond substituents is 1. The number of hydrogen-bond acceptors (Lipinski definition) is 10. The first kappa shape index (κ1) is 27.9. The van der Waals surface area contributed by atoms with Gasteiger partial charge in [-0.05, 0) is 97.4 Å². The minimum absolute atomic E-state index is 0.00663. The first-order chi connectivity index (χ1) is 19.5. The molecule has 208 valence electrons. The first-order valence-corrected chi connectivity index (χ1v) is 14.1. The van der Waals surface area contributed by atoms with Crippen LogP contribution in [0.4, 0.5) is 34.6 Å². The van der Waals surface area contributed by atoms with Gasteiger partial charge < -0.3 is 15.7 Å². The third-order valence-electron chi connectivity index (χ3n) is 6.10. The van der Waals surface area contributed by atoms with Gasteiger partial charge in [-0.25, -0.2) is 0 Å².